The molecule has 6 nitrogen and oxygen atoms in total. The topological polar surface area (TPSA) is 89.1 Å². The van der Waals surface area contributed by atoms with Gasteiger partial charge in [-0.3, -0.25) is 0 Å². The number of aliphatic hydroxyl groups excluding tert-OH is 2. The first-order chi connectivity index (χ1) is 10.5. The summed E-state index contributed by atoms with van der Waals surface area (Å²) >= 11 is 0. The minimum absolute atomic E-state index is 0.164. The van der Waals surface area contributed by atoms with Crippen molar-refractivity contribution in [2.24, 2.45) is 0 Å². The van der Waals surface area contributed by atoms with Gasteiger partial charge in [-0.25, -0.2) is 4.79 Å². The molecular weight excluding hydrogens is 288 g/mol. The van der Waals surface area contributed by atoms with Gasteiger partial charge in [0.05, 0.1) is 18.8 Å². The van der Waals surface area contributed by atoms with E-state index in [0.29, 0.717) is 24.2 Å². The van der Waals surface area contributed by atoms with Gasteiger partial charge >= 0.3 is 5.63 Å². The molecule has 1 aliphatic rings. The van der Waals surface area contributed by atoms with Crippen LogP contribution in [0.25, 0.3) is 11.0 Å². The first-order valence-electron chi connectivity index (χ1n) is 7.20. The molecule has 2 N–H and O–H groups in total. The highest BCUT2D eigenvalue weighted by molar-refractivity contribution is 5.81. The Balaban J connectivity index is 1.83. The summed E-state index contributed by atoms with van der Waals surface area (Å²) in [5.74, 6) is 0.483. The fourth-order valence-electron chi connectivity index (χ4n) is 2.67. The molecule has 1 saturated heterocycles. The maximum Gasteiger partial charge on any atom is 0.336 e. The Morgan fingerprint density at radius 3 is 2.91 bits per heavy atom. The van der Waals surface area contributed by atoms with Gasteiger partial charge in [0.1, 0.15) is 11.3 Å². The summed E-state index contributed by atoms with van der Waals surface area (Å²) in [6.07, 6.45) is -0.935. The monoisotopic (exact) mass is 306 g/mol. The number of rotatable bonds is 3. The van der Waals surface area contributed by atoms with Gasteiger partial charge in [0.15, 0.2) is 0 Å². The summed E-state index contributed by atoms with van der Waals surface area (Å²) in [6, 6.07) is 6.64. The van der Waals surface area contributed by atoms with E-state index in [4.69, 9.17) is 19.0 Å². The van der Waals surface area contributed by atoms with Crippen molar-refractivity contribution in [3.05, 3.63) is 40.2 Å². The summed E-state index contributed by atoms with van der Waals surface area (Å²) < 4.78 is 16.4. The average Bonchev–Trinajstić information content (AvgIpc) is 2.46. The van der Waals surface area contributed by atoms with Crippen molar-refractivity contribution in [1.82, 2.24) is 0 Å². The molecule has 1 aromatic carbocycles. The van der Waals surface area contributed by atoms with Crippen LogP contribution in [-0.4, -0.2) is 35.3 Å². The molecular formula is C16H18O6. The quantitative estimate of drug-likeness (QED) is 0.832. The largest absolute Gasteiger partial charge is 0.465 e. The van der Waals surface area contributed by atoms with Crippen LogP contribution in [0.4, 0.5) is 0 Å². The van der Waals surface area contributed by atoms with Gasteiger partial charge < -0.3 is 24.1 Å². The molecule has 0 bridgehead atoms. The number of hydrogen-bond donors (Lipinski definition) is 2. The van der Waals surface area contributed by atoms with Crippen LogP contribution in [0.1, 0.15) is 18.4 Å². The van der Waals surface area contributed by atoms with Gasteiger partial charge in [-0.05, 0) is 24.6 Å². The smallest absolute Gasteiger partial charge is 0.336 e. The molecule has 22 heavy (non-hydrogen) atoms. The van der Waals surface area contributed by atoms with Gasteiger partial charge in [0, 0.05) is 30.4 Å². The van der Waals surface area contributed by atoms with Crippen molar-refractivity contribution in [1.29, 1.82) is 0 Å². The van der Waals surface area contributed by atoms with E-state index in [-0.39, 0.29) is 6.61 Å². The van der Waals surface area contributed by atoms with E-state index in [0.717, 1.165) is 10.9 Å². The number of aryl methyl sites for hydroxylation is 1. The Kier molecular flexibility index (Phi) is 4.15. The van der Waals surface area contributed by atoms with E-state index in [1.807, 2.05) is 13.0 Å². The Morgan fingerprint density at radius 1 is 1.32 bits per heavy atom. The molecule has 2 heterocycles. The number of fused-ring (bicyclic) bond motifs is 1. The fourth-order valence-corrected chi connectivity index (χ4v) is 2.67. The normalized spacial score (nSPS) is 25.3. The fraction of sp³-hybridized carbons (Fsp3) is 0.438. The van der Waals surface area contributed by atoms with Crippen LogP contribution in [0.2, 0.25) is 0 Å². The Hall–Kier alpha value is -1.89. The van der Waals surface area contributed by atoms with Gasteiger partial charge in [0.25, 0.3) is 0 Å². The summed E-state index contributed by atoms with van der Waals surface area (Å²) in [6.45, 7) is 1.68. The second kappa shape index (κ2) is 6.08. The predicted octanol–water partition coefficient (Wildman–Crippen LogP) is 1.34. The molecule has 1 aromatic heterocycles. The first kappa shape index (κ1) is 15.0. The number of benzene rings is 1. The van der Waals surface area contributed by atoms with E-state index >= 15 is 0 Å². The lowest BCUT2D eigenvalue weighted by Crippen LogP contribution is -2.40. The molecule has 3 atom stereocenters. The zero-order valence-corrected chi connectivity index (χ0v) is 12.2. The molecule has 0 radical (unpaired) electrons. The summed E-state index contributed by atoms with van der Waals surface area (Å²) in [5, 5.41) is 19.8. The molecule has 118 valence electrons. The average molecular weight is 306 g/mol. The molecule has 2 aromatic rings. The summed E-state index contributed by atoms with van der Waals surface area (Å²) in [7, 11) is 0. The van der Waals surface area contributed by atoms with Crippen LogP contribution in [0.3, 0.4) is 0 Å². The Morgan fingerprint density at radius 2 is 2.14 bits per heavy atom. The van der Waals surface area contributed by atoms with E-state index in [1.165, 1.54) is 6.07 Å². The number of hydrogen-bond acceptors (Lipinski definition) is 6. The zero-order valence-electron chi connectivity index (χ0n) is 12.2. The van der Waals surface area contributed by atoms with Crippen LogP contribution in [0, 0.1) is 6.92 Å². The minimum atomic E-state index is -0.644. The minimum Gasteiger partial charge on any atom is -0.465 e. The van der Waals surface area contributed by atoms with Gasteiger partial charge in [-0.1, -0.05) is 0 Å². The molecule has 1 aliphatic heterocycles. The molecule has 2 unspecified atom stereocenters. The summed E-state index contributed by atoms with van der Waals surface area (Å²) in [4.78, 5) is 11.4. The molecule has 0 amide bonds. The van der Waals surface area contributed by atoms with E-state index in [9.17, 15) is 9.90 Å². The highest BCUT2D eigenvalue weighted by atomic mass is 16.7. The maximum atomic E-state index is 11.4. The van der Waals surface area contributed by atoms with Gasteiger partial charge in [-0.2, -0.15) is 0 Å². The Bertz CT molecular complexity index is 722. The van der Waals surface area contributed by atoms with E-state index in [1.54, 1.807) is 12.1 Å². The molecule has 0 saturated carbocycles. The lowest BCUT2D eigenvalue weighted by atomic mass is 10.1. The van der Waals surface area contributed by atoms with Crippen molar-refractivity contribution in [2.45, 2.75) is 38.3 Å². The molecule has 0 spiro atoms. The summed E-state index contributed by atoms with van der Waals surface area (Å²) in [5.41, 5.74) is 0.867. The third kappa shape index (κ3) is 3.14. The number of aliphatic hydroxyl groups is 2. The van der Waals surface area contributed by atoms with Crippen LogP contribution in [-0.2, 0) is 4.74 Å². The maximum absolute atomic E-state index is 11.4. The van der Waals surface area contributed by atoms with Crippen LogP contribution in [0.5, 0.6) is 5.75 Å². The zero-order chi connectivity index (χ0) is 15.7. The van der Waals surface area contributed by atoms with Gasteiger partial charge in [-0.15, -0.1) is 0 Å². The Labute approximate surface area is 126 Å². The molecule has 3 rings (SSSR count). The van der Waals surface area contributed by atoms with Crippen molar-refractivity contribution in [2.75, 3.05) is 6.61 Å². The van der Waals surface area contributed by atoms with Crippen LogP contribution < -0.4 is 10.4 Å². The SMILES string of the molecule is Cc1cc(=O)oc2cc(OC3CC(O)C[C@@H](CO)O3)ccc12. The van der Waals surface area contributed by atoms with Crippen LogP contribution >= 0.6 is 0 Å². The van der Waals surface area contributed by atoms with Crippen molar-refractivity contribution >= 4 is 11.0 Å². The van der Waals surface area contributed by atoms with E-state index < -0.39 is 24.1 Å². The molecule has 6 heteroatoms. The third-order valence-corrected chi connectivity index (χ3v) is 3.74. The molecule has 1 fully saturated rings. The first-order valence-corrected chi connectivity index (χ1v) is 7.20. The van der Waals surface area contributed by atoms with Crippen molar-refractivity contribution in [3.63, 3.8) is 0 Å². The highest BCUT2D eigenvalue weighted by Crippen LogP contribution is 2.26. The predicted molar refractivity (Wildman–Crippen MR) is 78.8 cm³/mol. The lowest BCUT2D eigenvalue weighted by Gasteiger charge is -2.32. The third-order valence-electron chi connectivity index (χ3n) is 3.74. The lowest BCUT2D eigenvalue weighted by molar-refractivity contribution is -0.184. The van der Waals surface area contributed by atoms with E-state index in [2.05, 4.69) is 0 Å². The second-order valence-corrected chi connectivity index (χ2v) is 5.52. The van der Waals surface area contributed by atoms with Crippen molar-refractivity contribution < 1.29 is 24.1 Å². The second-order valence-electron chi connectivity index (χ2n) is 5.52. The van der Waals surface area contributed by atoms with Crippen molar-refractivity contribution in [3.8, 4) is 5.75 Å². The van der Waals surface area contributed by atoms with Gasteiger partial charge in [0.2, 0.25) is 6.29 Å². The molecule has 0 aliphatic carbocycles. The number of ether oxygens (including phenoxy) is 2. The van der Waals surface area contributed by atoms with Crippen LogP contribution in [0.15, 0.2) is 33.5 Å². The highest BCUT2D eigenvalue weighted by Gasteiger charge is 2.29. The standard InChI is InChI=1S/C16H18O6/c1-9-4-15(19)22-14-7-11(2-3-13(9)14)20-16-6-10(18)5-12(8-17)21-16/h2-4,7,10,12,16-18H,5-6,8H2,1H3/t10?,12-,16?/m0/s1.